The Morgan fingerprint density at radius 1 is 1.33 bits per heavy atom. The van der Waals surface area contributed by atoms with Crippen molar-refractivity contribution in [2.45, 2.75) is 18.3 Å². The number of amides is 1. The van der Waals surface area contributed by atoms with E-state index < -0.39 is 28.8 Å². The van der Waals surface area contributed by atoms with E-state index in [-0.39, 0.29) is 12.1 Å². The van der Waals surface area contributed by atoms with Crippen LogP contribution in [-0.2, 0) is 10.2 Å². The van der Waals surface area contributed by atoms with Crippen LogP contribution in [0.4, 0.5) is 13.2 Å². The molecule has 2 nitrogen and oxygen atoms in total. The highest BCUT2D eigenvalue weighted by Crippen LogP contribution is 2.50. The summed E-state index contributed by atoms with van der Waals surface area (Å²) in [6.07, 6.45) is 2.19. The van der Waals surface area contributed by atoms with Gasteiger partial charge >= 0.3 is 0 Å². The van der Waals surface area contributed by atoms with Crippen molar-refractivity contribution in [1.82, 2.24) is 5.32 Å². The molecule has 0 bridgehead atoms. The molecule has 5 heteroatoms. The molecule has 1 aromatic carbocycles. The maximum Gasteiger partial charge on any atom is 0.231 e. The molecule has 0 radical (unpaired) electrons. The van der Waals surface area contributed by atoms with Crippen LogP contribution in [0.15, 0.2) is 24.8 Å². The summed E-state index contributed by atoms with van der Waals surface area (Å²) in [5.74, 6) is -3.47. The summed E-state index contributed by atoms with van der Waals surface area (Å²) in [6, 6.07) is 1.19. The molecule has 1 aliphatic carbocycles. The average molecular weight is 255 g/mol. The van der Waals surface area contributed by atoms with Crippen molar-refractivity contribution in [3.05, 3.63) is 47.8 Å². The normalized spacial score (nSPS) is 16.2. The Hall–Kier alpha value is -1.78. The van der Waals surface area contributed by atoms with E-state index in [1.54, 1.807) is 0 Å². The Balaban J connectivity index is 2.36. The maximum atomic E-state index is 13.6. The first-order valence-corrected chi connectivity index (χ1v) is 5.55. The summed E-state index contributed by atoms with van der Waals surface area (Å²) >= 11 is 0. The third-order valence-corrected chi connectivity index (χ3v) is 3.08. The SMILES string of the molecule is C=CCNC(=O)C1(c2c(F)cc(F)cc2F)CC1. The van der Waals surface area contributed by atoms with E-state index in [2.05, 4.69) is 11.9 Å². The van der Waals surface area contributed by atoms with Crippen molar-refractivity contribution in [3.63, 3.8) is 0 Å². The standard InChI is InChI=1S/C13H12F3NO/c1-2-5-17-12(18)13(3-4-13)11-9(15)6-8(14)7-10(11)16/h2,6-7H,1,3-5H2,(H,17,18). The van der Waals surface area contributed by atoms with Crippen molar-refractivity contribution < 1.29 is 18.0 Å². The lowest BCUT2D eigenvalue weighted by molar-refractivity contribution is -0.123. The van der Waals surface area contributed by atoms with Gasteiger partial charge in [0.15, 0.2) is 0 Å². The van der Waals surface area contributed by atoms with Gasteiger partial charge < -0.3 is 5.32 Å². The lowest BCUT2D eigenvalue weighted by Crippen LogP contribution is -2.36. The van der Waals surface area contributed by atoms with E-state index in [0.717, 1.165) is 0 Å². The van der Waals surface area contributed by atoms with E-state index in [1.165, 1.54) is 6.08 Å². The quantitative estimate of drug-likeness (QED) is 0.823. The maximum absolute atomic E-state index is 13.6. The lowest BCUT2D eigenvalue weighted by Gasteiger charge is -2.16. The summed E-state index contributed by atoms with van der Waals surface area (Å²) in [4.78, 5) is 11.9. The van der Waals surface area contributed by atoms with Crippen LogP contribution in [0, 0.1) is 17.5 Å². The third kappa shape index (κ3) is 2.00. The Morgan fingerprint density at radius 3 is 2.33 bits per heavy atom. The highest BCUT2D eigenvalue weighted by atomic mass is 19.1. The fourth-order valence-corrected chi connectivity index (χ4v) is 2.05. The fourth-order valence-electron chi connectivity index (χ4n) is 2.05. The number of carbonyl (C=O) groups is 1. The number of carbonyl (C=O) groups excluding carboxylic acids is 1. The second kappa shape index (κ2) is 4.48. The monoisotopic (exact) mass is 255 g/mol. The second-order valence-corrected chi connectivity index (χ2v) is 4.33. The topological polar surface area (TPSA) is 29.1 Å². The molecule has 0 saturated heterocycles. The van der Waals surface area contributed by atoms with Gasteiger partial charge in [0.2, 0.25) is 5.91 Å². The zero-order chi connectivity index (χ0) is 13.3. The minimum atomic E-state index is -1.19. The molecule has 18 heavy (non-hydrogen) atoms. The summed E-state index contributed by atoms with van der Waals surface area (Å²) in [7, 11) is 0. The molecule has 1 amide bonds. The van der Waals surface area contributed by atoms with E-state index >= 15 is 0 Å². The molecule has 1 N–H and O–H groups in total. The van der Waals surface area contributed by atoms with E-state index in [4.69, 9.17) is 0 Å². The first kappa shape index (κ1) is 12.7. The smallest absolute Gasteiger partial charge is 0.231 e. The van der Waals surface area contributed by atoms with Gasteiger partial charge in [0.05, 0.1) is 5.41 Å². The first-order chi connectivity index (χ1) is 8.51. The molecule has 2 rings (SSSR count). The number of benzene rings is 1. The first-order valence-electron chi connectivity index (χ1n) is 5.55. The Kier molecular flexibility index (Phi) is 3.15. The number of hydrogen-bond donors (Lipinski definition) is 1. The molecular weight excluding hydrogens is 243 g/mol. The van der Waals surface area contributed by atoms with Crippen LogP contribution in [0.5, 0.6) is 0 Å². The molecule has 1 fully saturated rings. The van der Waals surface area contributed by atoms with Gasteiger partial charge in [0, 0.05) is 24.2 Å². The summed E-state index contributed by atoms with van der Waals surface area (Å²) in [6.45, 7) is 3.67. The van der Waals surface area contributed by atoms with Crippen LogP contribution in [-0.4, -0.2) is 12.5 Å². The largest absolute Gasteiger partial charge is 0.352 e. The number of nitrogens with one attached hydrogen (secondary N) is 1. The zero-order valence-corrected chi connectivity index (χ0v) is 9.60. The Morgan fingerprint density at radius 2 is 1.89 bits per heavy atom. The Bertz CT molecular complexity index is 486. The average Bonchev–Trinajstić information content (AvgIpc) is 3.06. The molecule has 0 aliphatic heterocycles. The van der Waals surface area contributed by atoms with Gasteiger partial charge in [-0.15, -0.1) is 6.58 Å². The van der Waals surface area contributed by atoms with Gasteiger partial charge in [-0.25, -0.2) is 13.2 Å². The molecule has 1 saturated carbocycles. The number of halogens is 3. The van der Waals surface area contributed by atoms with Crippen molar-refractivity contribution in [3.8, 4) is 0 Å². The molecule has 0 heterocycles. The van der Waals surface area contributed by atoms with Gasteiger partial charge in [0.25, 0.3) is 0 Å². The minimum absolute atomic E-state index is 0.227. The molecule has 1 aromatic rings. The van der Waals surface area contributed by atoms with Crippen LogP contribution >= 0.6 is 0 Å². The number of hydrogen-bond acceptors (Lipinski definition) is 1. The van der Waals surface area contributed by atoms with Gasteiger partial charge in [-0.1, -0.05) is 6.08 Å². The second-order valence-electron chi connectivity index (χ2n) is 4.33. The fraction of sp³-hybridized carbons (Fsp3) is 0.308. The summed E-state index contributed by atoms with van der Waals surface area (Å²) in [5.41, 5.74) is -1.53. The van der Waals surface area contributed by atoms with Crippen molar-refractivity contribution in [2.24, 2.45) is 0 Å². The van der Waals surface area contributed by atoms with Gasteiger partial charge in [-0.3, -0.25) is 4.79 Å². The molecule has 96 valence electrons. The van der Waals surface area contributed by atoms with Crippen LogP contribution in [0.3, 0.4) is 0 Å². The molecule has 0 aromatic heterocycles. The van der Waals surface area contributed by atoms with Gasteiger partial charge in [-0.05, 0) is 12.8 Å². The molecule has 0 spiro atoms. The number of rotatable bonds is 4. The highest BCUT2D eigenvalue weighted by Gasteiger charge is 2.54. The predicted octanol–water partition coefficient (Wildman–Crippen LogP) is 2.44. The van der Waals surface area contributed by atoms with Gasteiger partial charge in [-0.2, -0.15) is 0 Å². The van der Waals surface area contributed by atoms with E-state index in [9.17, 15) is 18.0 Å². The van der Waals surface area contributed by atoms with Crippen molar-refractivity contribution >= 4 is 5.91 Å². The molecule has 1 aliphatic rings. The molecule has 0 unspecified atom stereocenters. The van der Waals surface area contributed by atoms with Crippen LogP contribution in [0.2, 0.25) is 0 Å². The highest BCUT2D eigenvalue weighted by molar-refractivity contribution is 5.91. The van der Waals surface area contributed by atoms with E-state index in [1.807, 2.05) is 0 Å². The predicted molar refractivity (Wildman–Crippen MR) is 60.4 cm³/mol. The van der Waals surface area contributed by atoms with Gasteiger partial charge in [0.1, 0.15) is 17.5 Å². The molecular formula is C13H12F3NO. The zero-order valence-electron chi connectivity index (χ0n) is 9.60. The molecule has 0 atom stereocenters. The minimum Gasteiger partial charge on any atom is -0.352 e. The summed E-state index contributed by atoms with van der Waals surface area (Å²) < 4.78 is 40.1. The van der Waals surface area contributed by atoms with E-state index in [0.29, 0.717) is 25.0 Å². The van der Waals surface area contributed by atoms with Crippen LogP contribution in [0.25, 0.3) is 0 Å². The Labute approximate surface area is 102 Å². The van der Waals surface area contributed by atoms with Crippen molar-refractivity contribution in [2.75, 3.05) is 6.54 Å². The third-order valence-electron chi connectivity index (χ3n) is 3.08. The van der Waals surface area contributed by atoms with Crippen molar-refractivity contribution in [1.29, 1.82) is 0 Å². The lowest BCUT2D eigenvalue weighted by atomic mass is 9.93. The van der Waals surface area contributed by atoms with Crippen LogP contribution in [0.1, 0.15) is 18.4 Å². The van der Waals surface area contributed by atoms with Crippen LogP contribution < -0.4 is 5.32 Å². The summed E-state index contributed by atoms with van der Waals surface area (Å²) in [5, 5.41) is 2.52.